The SMILES string of the molecule is COC1C(C)C(O)C(O)C(C)C1O. The van der Waals surface area contributed by atoms with Crippen LogP contribution >= 0.6 is 0 Å². The van der Waals surface area contributed by atoms with Crippen LogP contribution in [0.25, 0.3) is 0 Å². The average Bonchev–Trinajstić information content (AvgIpc) is 2.13. The standard InChI is InChI=1S/C9H18O4/c1-4-6(10)7(11)5(2)9(13-3)8(4)12/h4-12H,1-3H3. The van der Waals surface area contributed by atoms with Gasteiger partial charge in [-0.05, 0) is 0 Å². The number of aliphatic hydroxyl groups excluding tert-OH is 3. The minimum absolute atomic E-state index is 0.244. The van der Waals surface area contributed by atoms with Gasteiger partial charge in [-0.1, -0.05) is 13.8 Å². The molecule has 0 heterocycles. The van der Waals surface area contributed by atoms with Crippen molar-refractivity contribution in [3.8, 4) is 0 Å². The molecule has 4 nitrogen and oxygen atoms in total. The predicted octanol–water partition coefficient (Wildman–Crippen LogP) is -0.630. The largest absolute Gasteiger partial charge is 0.390 e. The van der Waals surface area contributed by atoms with Gasteiger partial charge in [0.15, 0.2) is 0 Å². The normalized spacial score (nSPS) is 52.2. The van der Waals surface area contributed by atoms with Crippen LogP contribution in [-0.2, 0) is 4.74 Å². The molecule has 1 aliphatic carbocycles. The zero-order chi connectivity index (χ0) is 10.2. The Labute approximate surface area is 78.1 Å². The summed E-state index contributed by atoms with van der Waals surface area (Å²) in [5.41, 5.74) is 0. The van der Waals surface area contributed by atoms with Crippen LogP contribution in [0.1, 0.15) is 13.8 Å². The van der Waals surface area contributed by atoms with Gasteiger partial charge in [0.1, 0.15) is 0 Å². The fourth-order valence-corrected chi connectivity index (χ4v) is 1.98. The molecule has 3 N–H and O–H groups in total. The third-order valence-corrected chi connectivity index (χ3v) is 3.09. The number of methoxy groups -OCH3 is 1. The van der Waals surface area contributed by atoms with Gasteiger partial charge in [0.05, 0.1) is 24.4 Å². The van der Waals surface area contributed by atoms with Gasteiger partial charge in [0.2, 0.25) is 0 Å². The Bertz CT molecular complexity index is 157. The molecule has 1 aliphatic rings. The van der Waals surface area contributed by atoms with Crippen molar-refractivity contribution in [2.24, 2.45) is 11.8 Å². The zero-order valence-electron chi connectivity index (χ0n) is 8.21. The molecule has 13 heavy (non-hydrogen) atoms. The van der Waals surface area contributed by atoms with Gasteiger partial charge in [-0.2, -0.15) is 0 Å². The second-order valence-electron chi connectivity index (χ2n) is 3.89. The summed E-state index contributed by atoms with van der Waals surface area (Å²) in [6.45, 7) is 3.47. The summed E-state index contributed by atoms with van der Waals surface area (Å²) >= 11 is 0. The summed E-state index contributed by atoms with van der Waals surface area (Å²) in [7, 11) is 1.50. The Morgan fingerprint density at radius 2 is 1.31 bits per heavy atom. The molecule has 0 aromatic carbocycles. The predicted molar refractivity (Wildman–Crippen MR) is 47.1 cm³/mol. The Morgan fingerprint density at radius 3 is 1.77 bits per heavy atom. The van der Waals surface area contributed by atoms with Gasteiger partial charge >= 0.3 is 0 Å². The molecular formula is C9H18O4. The Kier molecular flexibility index (Phi) is 3.29. The summed E-state index contributed by atoms with van der Waals surface area (Å²) in [5.74, 6) is -0.595. The molecule has 0 aliphatic heterocycles. The van der Waals surface area contributed by atoms with E-state index >= 15 is 0 Å². The number of aliphatic hydroxyl groups is 3. The number of hydrogen-bond donors (Lipinski definition) is 3. The van der Waals surface area contributed by atoms with E-state index in [2.05, 4.69) is 0 Å². The van der Waals surface area contributed by atoms with Crippen molar-refractivity contribution in [1.29, 1.82) is 0 Å². The first kappa shape index (κ1) is 10.9. The molecule has 6 atom stereocenters. The van der Waals surface area contributed by atoms with Gasteiger partial charge in [0.25, 0.3) is 0 Å². The molecule has 0 bridgehead atoms. The fourth-order valence-electron chi connectivity index (χ4n) is 1.98. The lowest BCUT2D eigenvalue weighted by Gasteiger charge is -2.43. The third-order valence-electron chi connectivity index (χ3n) is 3.09. The minimum Gasteiger partial charge on any atom is -0.390 e. The first-order valence-electron chi connectivity index (χ1n) is 4.57. The highest BCUT2D eigenvalue weighted by atomic mass is 16.5. The van der Waals surface area contributed by atoms with E-state index in [0.717, 1.165) is 0 Å². The summed E-state index contributed by atoms with van der Waals surface area (Å²) < 4.78 is 5.08. The second-order valence-corrected chi connectivity index (χ2v) is 3.89. The molecule has 1 rings (SSSR count). The van der Waals surface area contributed by atoms with Gasteiger partial charge in [0, 0.05) is 18.9 Å². The quantitative estimate of drug-likeness (QED) is 0.515. The lowest BCUT2D eigenvalue weighted by molar-refractivity contribution is -0.179. The van der Waals surface area contributed by atoms with Crippen molar-refractivity contribution >= 4 is 0 Å². The highest BCUT2D eigenvalue weighted by molar-refractivity contribution is 4.95. The number of rotatable bonds is 1. The van der Waals surface area contributed by atoms with E-state index in [1.165, 1.54) is 7.11 Å². The second kappa shape index (κ2) is 3.92. The lowest BCUT2D eigenvalue weighted by atomic mass is 9.75. The smallest absolute Gasteiger partial charge is 0.0884 e. The van der Waals surface area contributed by atoms with E-state index in [0.29, 0.717) is 0 Å². The number of ether oxygens (including phenoxy) is 1. The van der Waals surface area contributed by atoms with Crippen LogP contribution in [0.2, 0.25) is 0 Å². The van der Waals surface area contributed by atoms with Gasteiger partial charge < -0.3 is 20.1 Å². The molecule has 0 saturated heterocycles. The van der Waals surface area contributed by atoms with Crippen LogP contribution in [0.4, 0.5) is 0 Å². The molecule has 1 saturated carbocycles. The Morgan fingerprint density at radius 1 is 0.846 bits per heavy atom. The van der Waals surface area contributed by atoms with E-state index < -0.39 is 24.4 Å². The molecule has 0 radical (unpaired) electrons. The van der Waals surface area contributed by atoms with Crippen LogP contribution in [-0.4, -0.2) is 46.8 Å². The van der Waals surface area contributed by atoms with Gasteiger partial charge in [-0.15, -0.1) is 0 Å². The van der Waals surface area contributed by atoms with Crippen LogP contribution < -0.4 is 0 Å². The van der Waals surface area contributed by atoms with E-state index in [9.17, 15) is 15.3 Å². The van der Waals surface area contributed by atoms with Gasteiger partial charge in [-0.3, -0.25) is 0 Å². The summed E-state index contributed by atoms with van der Waals surface area (Å²) in [6.07, 6.45) is -2.79. The molecule has 78 valence electrons. The van der Waals surface area contributed by atoms with Crippen molar-refractivity contribution in [1.82, 2.24) is 0 Å². The minimum atomic E-state index is -0.864. The average molecular weight is 190 g/mol. The summed E-state index contributed by atoms with van der Waals surface area (Å²) in [4.78, 5) is 0. The lowest BCUT2D eigenvalue weighted by Crippen LogP contribution is -2.56. The zero-order valence-corrected chi connectivity index (χ0v) is 8.21. The first-order valence-corrected chi connectivity index (χ1v) is 4.57. The Hall–Kier alpha value is -0.160. The maximum atomic E-state index is 9.70. The number of hydrogen-bond acceptors (Lipinski definition) is 4. The van der Waals surface area contributed by atoms with Crippen molar-refractivity contribution in [2.75, 3.05) is 7.11 Å². The maximum Gasteiger partial charge on any atom is 0.0884 e. The molecule has 0 aromatic heterocycles. The molecule has 0 aromatic rings. The monoisotopic (exact) mass is 190 g/mol. The fraction of sp³-hybridized carbons (Fsp3) is 1.00. The van der Waals surface area contributed by atoms with E-state index in [-0.39, 0.29) is 11.8 Å². The van der Waals surface area contributed by atoms with Crippen molar-refractivity contribution in [3.05, 3.63) is 0 Å². The molecule has 0 amide bonds. The third kappa shape index (κ3) is 1.72. The maximum absolute atomic E-state index is 9.70. The van der Waals surface area contributed by atoms with Crippen molar-refractivity contribution < 1.29 is 20.1 Å². The van der Waals surface area contributed by atoms with Crippen LogP contribution in [0, 0.1) is 11.8 Å². The topological polar surface area (TPSA) is 69.9 Å². The summed E-state index contributed by atoms with van der Waals surface area (Å²) in [5, 5.41) is 28.8. The highest BCUT2D eigenvalue weighted by Crippen LogP contribution is 2.31. The van der Waals surface area contributed by atoms with Crippen molar-refractivity contribution in [2.45, 2.75) is 38.3 Å². The van der Waals surface area contributed by atoms with Crippen molar-refractivity contribution in [3.63, 3.8) is 0 Å². The summed E-state index contributed by atoms with van der Waals surface area (Å²) in [6, 6.07) is 0. The van der Waals surface area contributed by atoms with Crippen LogP contribution in [0.3, 0.4) is 0 Å². The van der Waals surface area contributed by atoms with Crippen LogP contribution in [0.5, 0.6) is 0 Å². The van der Waals surface area contributed by atoms with E-state index in [4.69, 9.17) is 4.74 Å². The molecular weight excluding hydrogens is 172 g/mol. The van der Waals surface area contributed by atoms with E-state index in [1.807, 2.05) is 0 Å². The first-order chi connectivity index (χ1) is 6.00. The van der Waals surface area contributed by atoms with E-state index in [1.54, 1.807) is 13.8 Å². The molecule has 1 fully saturated rings. The highest BCUT2D eigenvalue weighted by Gasteiger charge is 2.45. The van der Waals surface area contributed by atoms with Crippen LogP contribution in [0.15, 0.2) is 0 Å². The van der Waals surface area contributed by atoms with Gasteiger partial charge in [-0.25, -0.2) is 0 Å². The Balaban J connectivity index is 2.79. The molecule has 4 heteroatoms. The molecule has 6 unspecified atom stereocenters. The molecule has 0 spiro atoms.